The summed E-state index contributed by atoms with van der Waals surface area (Å²) in [6.45, 7) is 0. The molecule has 3 aromatic rings. The van der Waals surface area contributed by atoms with Crippen LogP contribution in [-0.2, 0) is 9.59 Å². The molecule has 24 heavy (non-hydrogen) atoms. The van der Waals surface area contributed by atoms with E-state index in [1.54, 1.807) is 12.1 Å². The Morgan fingerprint density at radius 3 is 2.54 bits per heavy atom. The second-order valence-electron chi connectivity index (χ2n) is 5.94. The molecule has 1 aliphatic carbocycles. The van der Waals surface area contributed by atoms with Crippen molar-refractivity contribution in [2.75, 3.05) is 5.32 Å². The molecule has 0 aliphatic heterocycles. The van der Waals surface area contributed by atoms with Crippen LogP contribution in [-0.4, -0.2) is 26.8 Å². The van der Waals surface area contributed by atoms with E-state index in [4.69, 9.17) is 5.11 Å². The zero-order valence-electron chi connectivity index (χ0n) is 12.7. The molecule has 2 atom stereocenters. The topological polar surface area (TPSA) is 84.2 Å². The second kappa shape index (κ2) is 5.49. The highest BCUT2D eigenvalue weighted by atomic mass is 16.4. The van der Waals surface area contributed by atoms with Crippen LogP contribution in [0.15, 0.2) is 54.7 Å². The molecule has 2 N–H and O–H groups in total. The van der Waals surface area contributed by atoms with Crippen molar-refractivity contribution in [2.45, 2.75) is 6.42 Å². The lowest BCUT2D eigenvalue weighted by Gasteiger charge is -2.07. The van der Waals surface area contributed by atoms with Gasteiger partial charge in [0, 0.05) is 11.1 Å². The molecule has 0 spiro atoms. The maximum absolute atomic E-state index is 12.0. The van der Waals surface area contributed by atoms with Crippen molar-refractivity contribution >= 4 is 28.5 Å². The summed E-state index contributed by atoms with van der Waals surface area (Å²) in [6.07, 6.45) is 2.22. The highest BCUT2D eigenvalue weighted by Crippen LogP contribution is 2.39. The third-order valence-electron chi connectivity index (χ3n) is 4.30. The molecule has 4 rings (SSSR count). The average molecular weight is 321 g/mol. The molecule has 6 heteroatoms. The standard InChI is InChI=1S/C18H15N3O3/c22-17(14-9-15(14)18(23)24)20-12-5-7-13(8-6-12)21-16-4-2-1-3-11(16)10-19-21/h1-8,10,14-15H,9H2,(H,20,22)(H,23,24). The van der Waals surface area contributed by atoms with Gasteiger partial charge in [0.1, 0.15) is 0 Å². The fourth-order valence-corrected chi connectivity index (χ4v) is 2.86. The van der Waals surface area contributed by atoms with Crippen LogP contribution in [0.25, 0.3) is 16.6 Å². The molecular weight excluding hydrogens is 306 g/mol. The summed E-state index contributed by atoms with van der Waals surface area (Å²) in [4.78, 5) is 22.8. The first kappa shape index (κ1) is 14.4. The van der Waals surface area contributed by atoms with Crippen LogP contribution in [0, 0.1) is 11.8 Å². The van der Waals surface area contributed by atoms with Crippen molar-refractivity contribution in [3.63, 3.8) is 0 Å². The van der Waals surface area contributed by atoms with Gasteiger partial charge >= 0.3 is 5.97 Å². The number of fused-ring (bicyclic) bond motifs is 1. The number of carboxylic acids is 1. The number of aliphatic carboxylic acids is 1. The SMILES string of the molecule is O=C(O)C1CC1C(=O)Nc1ccc(-n2ncc3ccccc32)cc1. The minimum absolute atomic E-state index is 0.236. The van der Waals surface area contributed by atoms with E-state index >= 15 is 0 Å². The van der Waals surface area contributed by atoms with E-state index in [2.05, 4.69) is 10.4 Å². The molecule has 2 aromatic carbocycles. The number of carbonyl (C=O) groups excluding carboxylic acids is 1. The molecule has 0 radical (unpaired) electrons. The van der Waals surface area contributed by atoms with Gasteiger partial charge in [0.25, 0.3) is 0 Å². The quantitative estimate of drug-likeness (QED) is 0.774. The second-order valence-corrected chi connectivity index (χ2v) is 5.94. The van der Waals surface area contributed by atoms with E-state index in [1.807, 2.05) is 47.3 Å². The van der Waals surface area contributed by atoms with Crippen molar-refractivity contribution in [1.82, 2.24) is 9.78 Å². The van der Waals surface area contributed by atoms with Crippen LogP contribution in [0.5, 0.6) is 0 Å². The molecule has 0 saturated heterocycles. The monoisotopic (exact) mass is 321 g/mol. The molecule has 1 amide bonds. The summed E-state index contributed by atoms with van der Waals surface area (Å²) in [5, 5.41) is 17.1. The van der Waals surface area contributed by atoms with Crippen LogP contribution in [0.1, 0.15) is 6.42 Å². The van der Waals surface area contributed by atoms with Crippen LogP contribution in [0.2, 0.25) is 0 Å². The number of para-hydroxylation sites is 1. The number of nitrogens with one attached hydrogen (secondary N) is 1. The van der Waals surface area contributed by atoms with Crippen LogP contribution in [0.3, 0.4) is 0 Å². The van der Waals surface area contributed by atoms with Gasteiger partial charge in [-0.2, -0.15) is 5.10 Å². The number of amides is 1. The minimum Gasteiger partial charge on any atom is -0.481 e. The van der Waals surface area contributed by atoms with Gasteiger partial charge < -0.3 is 10.4 Å². The maximum Gasteiger partial charge on any atom is 0.307 e. The molecule has 1 heterocycles. The molecule has 1 aromatic heterocycles. The number of carboxylic acid groups (broad SMARTS) is 1. The molecular formula is C18H15N3O3. The first-order chi connectivity index (χ1) is 11.6. The van der Waals surface area contributed by atoms with Crippen molar-refractivity contribution in [3.8, 4) is 5.69 Å². The largest absolute Gasteiger partial charge is 0.481 e. The third kappa shape index (κ3) is 2.52. The Labute approximate surface area is 137 Å². The molecule has 2 unspecified atom stereocenters. The van der Waals surface area contributed by atoms with Crippen LogP contribution >= 0.6 is 0 Å². The van der Waals surface area contributed by atoms with E-state index in [9.17, 15) is 9.59 Å². The Morgan fingerprint density at radius 2 is 1.83 bits per heavy atom. The summed E-state index contributed by atoms with van der Waals surface area (Å²) in [5.74, 6) is -2.10. The summed E-state index contributed by atoms with van der Waals surface area (Å²) in [6, 6.07) is 15.3. The van der Waals surface area contributed by atoms with Crippen molar-refractivity contribution in [3.05, 3.63) is 54.7 Å². The fraction of sp³-hybridized carbons (Fsp3) is 0.167. The predicted molar refractivity (Wildman–Crippen MR) is 88.9 cm³/mol. The zero-order valence-corrected chi connectivity index (χ0v) is 12.7. The predicted octanol–water partition coefficient (Wildman–Crippen LogP) is 2.68. The zero-order chi connectivity index (χ0) is 16.7. The Morgan fingerprint density at radius 1 is 1.08 bits per heavy atom. The number of nitrogens with zero attached hydrogens (tertiary/aromatic N) is 2. The third-order valence-corrected chi connectivity index (χ3v) is 4.30. The lowest BCUT2D eigenvalue weighted by atomic mass is 10.2. The normalized spacial score (nSPS) is 19.2. The first-order valence-corrected chi connectivity index (χ1v) is 7.70. The first-order valence-electron chi connectivity index (χ1n) is 7.70. The minimum atomic E-state index is -0.906. The van der Waals surface area contributed by atoms with Gasteiger partial charge in [0.2, 0.25) is 5.91 Å². The molecule has 1 aliphatic rings. The van der Waals surface area contributed by atoms with E-state index in [1.165, 1.54) is 0 Å². The van der Waals surface area contributed by atoms with E-state index in [0.717, 1.165) is 16.6 Å². The maximum atomic E-state index is 12.0. The number of anilines is 1. The molecule has 6 nitrogen and oxygen atoms in total. The lowest BCUT2D eigenvalue weighted by Crippen LogP contribution is -2.16. The summed E-state index contributed by atoms with van der Waals surface area (Å²) in [7, 11) is 0. The highest BCUT2D eigenvalue weighted by Gasteiger charge is 2.48. The molecule has 0 bridgehead atoms. The molecule has 1 fully saturated rings. The summed E-state index contributed by atoms with van der Waals surface area (Å²) >= 11 is 0. The fourth-order valence-electron chi connectivity index (χ4n) is 2.86. The molecule has 120 valence electrons. The van der Waals surface area contributed by atoms with Gasteiger partial charge in [0.05, 0.1) is 29.2 Å². The number of rotatable bonds is 4. The van der Waals surface area contributed by atoms with Crippen molar-refractivity contribution in [2.24, 2.45) is 11.8 Å². The van der Waals surface area contributed by atoms with Gasteiger partial charge in [-0.15, -0.1) is 0 Å². The summed E-state index contributed by atoms with van der Waals surface area (Å²) < 4.78 is 1.84. The Kier molecular flexibility index (Phi) is 3.30. The Hall–Kier alpha value is -3.15. The van der Waals surface area contributed by atoms with Crippen LogP contribution in [0.4, 0.5) is 5.69 Å². The Balaban J connectivity index is 1.51. The molecule has 1 saturated carbocycles. The van der Waals surface area contributed by atoms with Gasteiger partial charge in [0.15, 0.2) is 0 Å². The highest BCUT2D eigenvalue weighted by molar-refractivity contribution is 5.98. The summed E-state index contributed by atoms with van der Waals surface area (Å²) in [5.41, 5.74) is 2.55. The number of hydrogen-bond acceptors (Lipinski definition) is 3. The lowest BCUT2D eigenvalue weighted by molar-refractivity contribution is -0.139. The average Bonchev–Trinajstić information content (AvgIpc) is 3.29. The number of carbonyl (C=O) groups is 2. The smallest absolute Gasteiger partial charge is 0.307 e. The van der Waals surface area contributed by atoms with Crippen LogP contribution < -0.4 is 5.32 Å². The van der Waals surface area contributed by atoms with E-state index < -0.39 is 17.8 Å². The van der Waals surface area contributed by atoms with Crippen molar-refractivity contribution < 1.29 is 14.7 Å². The van der Waals surface area contributed by atoms with Gasteiger partial charge in [-0.3, -0.25) is 9.59 Å². The number of hydrogen-bond donors (Lipinski definition) is 2. The van der Waals surface area contributed by atoms with E-state index in [0.29, 0.717) is 12.1 Å². The Bertz CT molecular complexity index is 930. The number of aromatic nitrogens is 2. The van der Waals surface area contributed by atoms with Gasteiger partial charge in [-0.05, 0) is 36.8 Å². The number of benzene rings is 2. The van der Waals surface area contributed by atoms with E-state index in [-0.39, 0.29) is 5.91 Å². The van der Waals surface area contributed by atoms with Gasteiger partial charge in [-0.25, -0.2) is 4.68 Å². The van der Waals surface area contributed by atoms with Crippen molar-refractivity contribution in [1.29, 1.82) is 0 Å². The van der Waals surface area contributed by atoms with Gasteiger partial charge in [-0.1, -0.05) is 18.2 Å².